The number of ether oxygens (including phenoxy) is 1. The van der Waals surface area contributed by atoms with Gasteiger partial charge in [0.2, 0.25) is 0 Å². The van der Waals surface area contributed by atoms with E-state index >= 15 is 0 Å². The Morgan fingerprint density at radius 2 is 2.26 bits per heavy atom. The summed E-state index contributed by atoms with van der Waals surface area (Å²) in [5.41, 5.74) is 2.31. The number of rotatable bonds is 5. The number of aryl methyl sites for hydroxylation is 1. The molecule has 0 fully saturated rings. The summed E-state index contributed by atoms with van der Waals surface area (Å²) in [6.45, 7) is 5.97. The molecule has 0 amide bonds. The van der Waals surface area contributed by atoms with Crippen molar-refractivity contribution < 1.29 is 9.53 Å². The van der Waals surface area contributed by atoms with E-state index in [9.17, 15) is 4.79 Å². The van der Waals surface area contributed by atoms with Gasteiger partial charge in [0.05, 0.1) is 17.9 Å². The number of aromatic nitrogens is 1. The average molecular weight is 276 g/mol. The van der Waals surface area contributed by atoms with Gasteiger partial charge in [-0.25, -0.2) is 0 Å². The highest BCUT2D eigenvalue weighted by molar-refractivity contribution is 7.10. The predicted octanol–water partition coefficient (Wildman–Crippen LogP) is 3.80. The van der Waals surface area contributed by atoms with Gasteiger partial charge in [0.1, 0.15) is 10.8 Å². The first kappa shape index (κ1) is 13.5. The Balaban J connectivity index is 2.26. The molecule has 0 radical (unpaired) electrons. The quantitative estimate of drug-likeness (QED) is 0.844. The maximum absolute atomic E-state index is 11.6. The maximum atomic E-state index is 11.6. The third-order valence-electron chi connectivity index (χ3n) is 2.62. The lowest BCUT2D eigenvalue weighted by Gasteiger charge is -2.08. The zero-order chi connectivity index (χ0) is 13.8. The van der Waals surface area contributed by atoms with Crippen molar-refractivity contribution >= 4 is 28.0 Å². The van der Waals surface area contributed by atoms with E-state index in [-0.39, 0.29) is 5.78 Å². The first-order chi connectivity index (χ1) is 9.11. The van der Waals surface area contributed by atoms with Gasteiger partial charge in [-0.15, -0.1) is 0 Å². The van der Waals surface area contributed by atoms with Crippen LogP contribution in [0.4, 0.5) is 10.7 Å². The van der Waals surface area contributed by atoms with Gasteiger partial charge in [-0.1, -0.05) is 6.07 Å². The fraction of sp³-hybridized carbons (Fsp3) is 0.286. The first-order valence-electron chi connectivity index (χ1n) is 6.09. The van der Waals surface area contributed by atoms with Crippen molar-refractivity contribution in [3.05, 3.63) is 35.5 Å². The monoisotopic (exact) mass is 276 g/mol. The summed E-state index contributed by atoms with van der Waals surface area (Å²) in [6, 6.07) is 7.65. The van der Waals surface area contributed by atoms with Crippen LogP contribution in [0.2, 0.25) is 0 Å². The Labute approximate surface area is 116 Å². The number of carbonyl (C=O) groups is 1. The molecule has 1 aromatic heterocycles. The zero-order valence-electron chi connectivity index (χ0n) is 11.2. The van der Waals surface area contributed by atoms with Crippen LogP contribution in [0.25, 0.3) is 0 Å². The second-order valence-corrected chi connectivity index (χ2v) is 4.89. The van der Waals surface area contributed by atoms with Crippen LogP contribution in [0.3, 0.4) is 0 Å². The fourth-order valence-corrected chi connectivity index (χ4v) is 2.70. The van der Waals surface area contributed by atoms with Crippen LogP contribution in [0.1, 0.15) is 29.9 Å². The second kappa shape index (κ2) is 5.84. The van der Waals surface area contributed by atoms with E-state index in [2.05, 4.69) is 9.69 Å². The molecule has 4 nitrogen and oxygen atoms in total. The molecule has 0 aliphatic rings. The van der Waals surface area contributed by atoms with Gasteiger partial charge in [0.15, 0.2) is 5.78 Å². The Morgan fingerprint density at radius 3 is 2.95 bits per heavy atom. The predicted molar refractivity (Wildman–Crippen MR) is 77.7 cm³/mol. The largest absolute Gasteiger partial charge is 0.494 e. The Morgan fingerprint density at radius 1 is 1.47 bits per heavy atom. The average Bonchev–Trinajstić information content (AvgIpc) is 2.71. The molecule has 0 aliphatic carbocycles. The van der Waals surface area contributed by atoms with Crippen molar-refractivity contribution in [2.24, 2.45) is 0 Å². The van der Waals surface area contributed by atoms with Gasteiger partial charge in [-0.3, -0.25) is 4.79 Å². The van der Waals surface area contributed by atoms with E-state index in [1.54, 1.807) is 6.92 Å². The molecule has 0 unspecified atom stereocenters. The molecule has 5 heteroatoms. The number of ketones is 1. The minimum atomic E-state index is 0.0229. The van der Waals surface area contributed by atoms with E-state index in [1.165, 1.54) is 11.5 Å². The molecule has 0 saturated carbocycles. The molecule has 1 aromatic carbocycles. The maximum Gasteiger partial charge on any atom is 0.164 e. The zero-order valence-corrected chi connectivity index (χ0v) is 12.0. The lowest BCUT2D eigenvalue weighted by Crippen LogP contribution is -1.99. The fourth-order valence-electron chi connectivity index (χ4n) is 1.83. The molecule has 1 N–H and O–H groups in total. The standard InChI is InChI=1S/C14H16N2O2S/c1-4-18-12-7-5-6-11(8-12)15-14-13(10(3)17)9(2)16-19-14/h5-8,15H,4H2,1-3H3. The summed E-state index contributed by atoms with van der Waals surface area (Å²) >= 11 is 1.30. The molecular formula is C14H16N2O2S. The molecule has 0 saturated heterocycles. The minimum Gasteiger partial charge on any atom is -0.494 e. The summed E-state index contributed by atoms with van der Waals surface area (Å²) in [5, 5.41) is 4.01. The van der Waals surface area contributed by atoms with Crippen LogP contribution < -0.4 is 10.1 Å². The van der Waals surface area contributed by atoms with Gasteiger partial charge in [0.25, 0.3) is 0 Å². The highest BCUT2D eigenvalue weighted by atomic mass is 32.1. The Kier molecular flexibility index (Phi) is 4.16. The third-order valence-corrected chi connectivity index (χ3v) is 3.47. The SMILES string of the molecule is CCOc1cccc(Nc2snc(C)c2C(C)=O)c1. The molecule has 19 heavy (non-hydrogen) atoms. The van der Waals surface area contributed by atoms with Crippen molar-refractivity contribution in [3.8, 4) is 5.75 Å². The molecular weight excluding hydrogens is 260 g/mol. The Bertz CT molecular complexity index is 593. The summed E-state index contributed by atoms with van der Waals surface area (Å²) in [4.78, 5) is 11.6. The van der Waals surface area contributed by atoms with Gasteiger partial charge in [-0.2, -0.15) is 4.37 Å². The van der Waals surface area contributed by atoms with Crippen molar-refractivity contribution in [2.75, 3.05) is 11.9 Å². The van der Waals surface area contributed by atoms with Crippen molar-refractivity contribution in [2.45, 2.75) is 20.8 Å². The number of anilines is 2. The van der Waals surface area contributed by atoms with Gasteiger partial charge < -0.3 is 10.1 Å². The van der Waals surface area contributed by atoms with Crippen molar-refractivity contribution in [3.63, 3.8) is 0 Å². The van der Waals surface area contributed by atoms with Crippen molar-refractivity contribution in [1.82, 2.24) is 4.37 Å². The summed E-state index contributed by atoms with van der Waals surface area (Å²) in [5.74, 6) is 0.827. The molecule has 2 aromatic rings. The molecule has 1 heterocycles. The second-order valence-electron chi connectivity index (χ2n) is 4.11. The number of hydrogen-bond donors (Lipinski definition) is 1. The molecule has 0 spiro atoms. The van der Waals surface area contributed by atoms with Crippen LogP contribution in [0.15, 0.2) is 24.3 Å². The van der Waals surface area contributed by atoms with Crippen LogP contribution in [0.5, 0.6) is 5.75 Å². The van der Waals surface area contributed by atoms with Crippen LogP contribution in [0, 0.1) is 6.92 Å². The van der Waals surface area contributed by atoms with Crippen molar-refractivity contribution in [1.29, 1.82) is 0 Å². The smallest absolute Gasteiger partial charge is 0.164 e. The number of carbonyl (C=O) groups excluding carboxylic acids is 1. The third kappa shape index (κ3) is 3.12. The summed E-state index contributed by atoms with van der Waals surface area (Å²) in [7, 11) is 0. The molecule has 2 rings (SSSR count). The first-order valence-corrected chi connectivity index (χ1v) is 6.86. The molecule has 0 bridgehead atoms. The summed E-state index contributed by atoms with van der Waals surface area (Å²) in [6.07, 6.45) is 0. The lowest BCUT2D eigenvalue weighted by molar-refractivity contribution is 0.101. The lowest BCUT2D eigenvalue weighted by atomic mass is 10.2. The Hall–Kier alpha value is -1.88. The topological polar surface area (TPSA) is 51.2 Å². The molecule has 0 atom stereocenters. The number of benzene rings is 1. The number of Topliss-reactive ketones (excluding diaryl/α,β-unsaturated/α-hetero) is 1. The van der Waals surface area contributed by atoms with Crippen LogP contribution in [-0.2, 0) is 0 Å². The van der Waals surface area contributed by atoms with E-state index < -0.39 is 0 Å². The number of nitrogens with one attached hydrogen (secondary N) is 1. The van der Waals surface area contributed by atoms with Crippen LogP contribution in [-0.4, -0.2) is 16.8 Å². The van der Waals surface area contributed by atoms with E-state index in [1.807, 2.05) is 38.1 Å². The van der Waals surface area contributed by atoms with Gasteiger partial charge in [0, 0.05) is 11.8 Å². The highest BCUT2D eigenvalue weighted by Gasteiger charge is 2.14. The van der Waals surface area contributed by atoms with Crippen LogP contribution >= 0.6 is 11.5 Å². The van der Waals surface area contributed by atoms with E-state index in [0.717, 1.165) is 22.1 Å². The summed E-state index contributed by atoms with van der Waals surface area (Å²) < 4.78 is 9.67. The number of nitrogens with zero attached hydrogens (tertiary/aromatic N) is 1. The minimum absolute atomic E-state index is 0.0229. The molecule has 0 aliphatic heterocycles. The normalized spacial score (nSPS) is 10.3. The molecule has 100 valence electrons. The van der Waals surface area contributed by atoms with Gasteiger partial charge in [-0.05, 0) is 44.4 Å². The van der Waals surface area contributed by atoms with E-state index in [4.69, 9.17) is 4.74 Å². The van der Waals surface area contributed by atoms with E-state index in [0.29, 0.717) is 12.2 Å². The number of hydrogen-bond acceptors (Lipinski definition) is 5. The highest BCUT2D eigenvalue weighted by Crippen LogP contribution is 2.29. The van der Waals surface area contributed by atoms with Gasteiger partial charge >= 0.3 is 0 Å².